The zero-order chi connectivity index (χ0) is 22.1. The van der Waals surface area contributed by atoms with Crippen LogP contribution >= 0.6 is 11.8 Å². The molecule has 0 spiro atoms. The van der Waals surface area contributed by atoms with Crippen molar-refractivity contribution < 1.29 is 10.2 Å². The van der Waals surface area contributed by atoms with Gasteiger partial charge in [0.2, 0.25) is 0 Å². The van der Waals surface area contributed by atoms with Gasteiger partial charge in [-0.05, 0) is 75.1 Å². The SMILES string of the molecule is CCCC[C@H](C)C[C@H](O)/C=C/[C@@H]1[C@H]2CC(CCSCCN3CCCCC3)=C[C@H]2C[C@H]1O. The van der Waals surface area contributed by atoms with Crippen LogP contribution in [0.15, 0.2) is 23.8 Å². The number of aliphatic hydroxyl groups excluding tert-OH is 2. The first-order valence-corrected chi connectivity index (χ1v) is 14.3. The molecule has 178 valence electrons. The predicted molar refractivity (Wildman–Crippen MR) is 134 cm³/mol. The maximum Gasteiger partial charge on any atom is 0.0723 e. The van der Waals surface area contributed by atoms with Gasteiger partial charge in [0.1, 0.15) is 0 Å². The second-order valence-electron chi connectivity index (χ2n) is 10.4. The summed E-state index contributed by atoms with van der Waals surface area (Å²) in [4.78, 5) is 2.63. The number of unbranched alkanes of at least 4 members (excludes halogenated alkanes) is 1. The van der Waals surface area contributed by atoms with E-state index in [9.17, 15) is 10.2 Å². The minimum absolute atomic E-state index is 0.214. The Kier molecular flexibility index (Phi) is 11.0. The summed E-state index contributed by atoms with van der Waals surface area (Å²) in [6, 6.07) is 0. The fraction of sp³-hybridized carbons (Fsp3) is 0.852. The van der Waals surface area contributed by atoms with Crippen molar-refractivity contribution in [1.29, 1.82) is 0 Å². The lowest BCUT2D eigenvalue weighted by molar-refractivity contribution is 0.139. The highest BCUT2D eigenvalue weighted by Crippen LogP contribution is 2.48. The summed E-state index contributed by atoms with van der Waals surface area (Å²) in [5.41, 5.74) is 1.61. The number of allylic oxidation sites excluding steroid dienone is 2. The molecule has 3 rings (SSSR count). The molecule has 1 heterocycles. The van der Waals surface area contributed by atoms with Crippen molar-refractivity contribution in [3.8, 4) is 0 Å². The van der Waals surface area contributed by atoms with E-state index in [2.05, 4.69) is 42.7 Å². The molecule has 1 aliphatic heterocycles. The molecular formula is C27H47NO2S. The third-order valence-electron chi connectivity index (χ3n) is 7.77. The molecule has 4 heteroatoms. The van der Waals surface area contributed by atoms with Gasteiger partial charge in [-0.3, -0.25) is 0 Å². The highest BCUT2D eigenvalue weighted by Gasteiger charge is 2.43. The van der Waals surface area contributed by atoms with Gasteiger partial charge in [0.15, 0.2) is 0 Å². The van der Waals surface area contributed by atoms with Crippen LogP contribution in [0.2, 0.25) is 0 Å². The zero-order valence-electron chi connectivity index (χ0n) is 20.1. The van der Waals surface area contributed by atoms with Crippen molar-refractivity contribution in [2.45, 2.75) is 90.3 Å². The van der Waals surface area contributed by atoms with Gasteiger partial charge < -0.3 is 15.1 Å². The summed E-state index contributed by atoms with van der Waals surface area (Å²) < 4.78 is 0. The number of aliphatic hydroxyl groups is 2. The number of hydrogen-bond donors (Lipinski definition) is 2. The Morgan fingerprint density at radius 1 is 1.23 bits per heavy atom. The summed E-state index contributed by atoms with van der Waals surface area (Å²) in [5, 5.41) is 21.0. The third kappa shape index (κ3) is 8.21. The van der Waals surface area contributed by atoms with E-state index in [4.69, 9.17) is 0 Å². The molecule has 31 heavy (non-hydrogen) atoms. The Balaban J connectivity index is 1.35. The first-order chi connectivity index (χ1) is 15.1. The van der Waals surface area contributed by atoms with Crippen molar-refractivity contribution in [2.24, 2.45) is 23.7 Å². The highest BCUT2D eigenvalue weighted by atomic mass is 32.2. The molecule has 1 saturated carbocycles. The number of nitrogens with zero attached hydrogens (tertiary/aromatic N) is 1. The summed E-state index contributed by atoms with van der Waals surface area (Å²) >= 11 is 2.11. The highest BCUT2D eigenvalue weighted by molar-refractivity contribution is 7.99. The summed E-state index contributed by atoms with van der Waals surface area (Å²) in [6.07, 6.45) is 17.9. The maximum atomic E-state index is 10.6. The number of rotatable bonds is 13. The summed E-state index contributed by atoms with van der Waals surface area (Å²) in [7, 11) is 0. The lowest BCUT2D eigenvalue weighted by Gasteiger charge is -2.26. The normalized spacial score (nSPS) is 31.2. The molecule has 0 aromatic heterocycles. The van der Waals surface area contributed by atoms with Crippen molar-refractivity contribution in [1.82, 2.24) is 4.90 Å². The molecule has 0 bridgehead atoms. The average molecular weight is 450 g/mol. The van der Waals surface area contributed by atoms with Gasteiger partial charge in [0.05, 0.1) is 12.2 Å². The first kappa shape index (κ1) is 25.3. The number of fused-ring (bicyclic) bond motifs is 1. The predicted octanol–water partition coefficient (Wildman–Crippen LogP) is 5.67. The number of hydrogen-bond acceptors (Lipinski definition) is 4. The average Bonchev–Trinajstić information content (AvgIpc) is 3.27. The van der Waals surface area contributed by atoms with Gasteiger partial charge in [0, 0.05) is 18.2 Å². The minimum atomic E-state index is -0.372. The van der Waals surface area contributed by atoms with Crippen molar-refractivity contribution in [3.63, 3.8) is 0 Å². The maximum absolute atomic E-state index is 10.6. The van der Waals surface area contributed by atoms with Crippen LogP contribution in [0.5, 0.6) is 0 Å². The van der Waals surface area contributed by atoms with E-state index >= 15 is 0 Å². The van der Waals surface area contributed by atoms with E-state index in [0.29, 0.717) is 17.8 Å². The Hall–Kier alpha value is -0.290. The van der Waals surface area contributed by atoms with Crippen LogP contribution in [-0.4, -0.2) is 58.5 Å². The van der Waals surface area contributed by atoms with E-state index in [1.807, 2.05) is 6.08 Å². The van der Waals surface area contributed by atoms with E-state index < -0.39 is 0 Å². The van der Waals surface area contributed by atoms with Crippen LogP contribution in [0.25, 0.3) is 0 Å². The van der Waals surface area contributed by atoms with Gasteiger partial charge in [-0.25, -0.2) is 0 Å². The van der Waals surface area contributed by atoms with E-state index in [-0.39, 0.29) is 18.1 Å². The molecular weight excluding hydrogens is 402 g/mol. The molecule has 0 unspecified atom stereocenters. The largest absolute Gasteiger partial charge is 0.392 e. The molecule has 2 fully saturated rings. The van der Waals surface area contributed by atoms with Gasteiger partial charge in [-0.2, -0.15) is 11.8 Å². The monoisotopic (exact) mass is 449 g/mol. The molecule has 6 atom stereocenters. The first-order valence-electron chi connectivity index (χ1n) is 13.1. The van der Waals surface area contributed by atoms with Crippen LogP contribution in [-0.2, 0) is 0 Å². The number of likely N-dealkylation sites (tertiary alicyclic amines) is 1. The van der Waals surface area contributed by atoms with Crippen LogP contribution < -0.4 is 0 Å². The minimum Gasteiger partial charge on any atom is -0.392 e. The number of piperidine rings is 1. The van der Waals surface area contributed by atoms with Gasteiger partial charge in [0.25, 0.3) is 0 Å². The lowest BCUT2D eigenvalue weighted by atomic mass is 9.88. The molecule has 2 N–H and O–H groups in total. The molecule has 1 saturated heterocycles. The van der Waals surface area contributed by atoms with Crippen LogP contribution in [0.3, 0.4) is 0 Å². The Bertz CT molecular complexity index is 572. The quantitative estimate of drug-likeness (QED) is 0.281. The Labute approximate surface area is 195 Å². The molecule has 0 aromatic carbocycles. The third-order valence-corrected chi connectivity index (χ3v) is 8.73. The zero-order valence-corrected chi connectivity index (χ0v) is 20.9. The van der Waals surface area contributed by atoms with Gasteiger partial charge in [-0.15, -0.1) is 0 Å². The molecule has 2 aliphatic carbocycles. The molecule has 0 radical (unpaired) electrons. The lowest BCUT2D eigenvalue weighted by Crippen LogP contribution is -2.31. The topological polar surface area (TPSA) is 43.7 Å². The molecule has 3 nitrogen and oxygen atoms in total. The fourth-order valence-corrected chi connectivity index (χ4v) is 6.89. The Morgan fingerprint density at radius 3 is 2.81 bits per heavy atom. The second-order valence-corrected chi connectivity index (χ2v) is 11.7. The molecule has 0 amide bonds. The standard InChI is InChI=1S/C27H47NO2S/c1-3-4-8-21(2)17-24(29)9-10-25-26-19-22(18-23(26)20-27(25)30)11-15-31-16-14-28-12-6-5-7-13-28/h9-10,18,21,23-27,29-30H,3-8,11-17,19-20H2,1-2H3/b10-9+/t21-,23-,24+,25+,26-,27+/m0/s1. The van der Waals surface area contributed by atoms with E-state index in [1.54, 1.807) is 5.57 Å². The van der Waals surface area contributed by atoms with Crippen molar-refractivity contribution >= 4 is 11.8 Å². The van der Waals surface area contributed by atoms with Crippen LogP contribution in [0.1, 0.15) is 78.1 Å². The van der Waals surface area contributed by atoms with E-state index in [0.717, 1.165) is 19.3 Å². The fourth-order valence-electron chi connectivity index (χ4n) is 5.89. The summed E-state index contributed by atoms with van der Waals surface area (Å²) in [6.45, 7) is 8.33. The summed E-state index contributed by atoms with van der Waals surface area (Å²) in [5.74, 6) is 4.36. The van der Waals surface area contributed by atoms with Crippen LogP contribution in [0, 0.1) is 23.7 Å². The van der Waals surface area contributed by atoms with Crippen molar-refractivity contribution in [2.75, 3.05) is 31.1 Å². The number of thioether (sulfide) groups is 1. The van der Waals surface area contributed by atoms with Gasteiger partial charge in [-0.1, -0.05) is 63.3 Å². The van der Waals surface area contributed by atoms with Crippen LogP contribution in [0.4, 0.5) is 0 Å². The van der Waals surface area contributed by atoms with Crippen molar-refractivity contribution in [3.05, 3.63) is 23.8 Å². The molecule has 3 aliphatic rings. The van der Waals surface area contributed by atoms with E-state index in [1.165, 1.54) is 76.1 Å². The smallest absolute Gasteiger partial charge is 0.0723 e. The second kappa shape index (κ2) is 13.4. The molecule has 0 aromatic rings. The van der Waals surface area contributed by atoms with Gasteiger partial charge >= 0.3 is 0 Å². The Morgan fingerprint density at radius 2 is 2.03 bits per heavy atom.